The van der Waals surface area contributed by atoms with Gasteiger partial charge in [0.1, 0.15) is 12.1 Å². The van der Waals surface area contributed by atoms with Crippen molar-refractivity contribution in [2.45, 2.75) is 149 Å². The number of amides is 5. The quantitative estimate of drug-likeness (QED) is 0.191. The van der Waals surface area contributed by atoms with Crippen molar-refractivity contribution in [2.75, 3.05) is 20.1 Å². The van der Waals surface area contributed by atoms with Gasteiger partial charge in [0.05, 0.1) is 6.04 Å². The fourth-order valence-corrected chi connectivity index (χ4v) is 8.30. The van der Waals surface area contributed by atoms with Gasteiger partial charge in [0, 0.05) is 25.2 Å². The van der Waals surface area contributed by atoms with Crippen LogP contribution in [0.2, 0.25) is 0 Å². The van der Waals surface area contributed by atoms with Crippen molar-refractivity contribution in [2.24, 2.45) is 28.1 Å². The molecule has 0 bridgehead atoms. The zero-order chi connectivity index (χ0) is 34.7. The molecule has 266 valence electrons. The lowest BCUT2D eigenvalue weighted by Crippen LogP contribution is -2.63. The highest BCUT2D eigenvalue weighted by atomic mass is 16.2. The number of rotatable bonds is 13. The molecule has 0 aromatic heterocycles. The Hall–Kier alpha value is -2.69. The van der Waals surface area contributed by atoms with Crippen molar-refractivity contribution in [3.05, 3.63) is 0 Å². The van der Waals surface area contributed by atoms with Crippen molar-refractivity contribution in [3.8, 4) is 0 Å². The van der Waals surface area contributed by atoms with Gasteiger partial charge in [-0.05, 0) is 80.1 Å². The third-order valence-corrected chi connectivity index (χ3v) is 11.6. The van der Waals surface area contributed by atoms with E-state index in [0.717, 1.165) is 57.8 Å². The molecule has 1 saturated heterocycles. The van der Waals surface area contributed by atoms with Crippen LogP contribution in [-0.2, 0) is 19.2 Å². The second-order valence-corrected chi connectivity index (χ2v) is 16.9. The van der Waals surface area contributed by atoms with E-state index < -0.39 is 35.2 Å². The molecule has 0 aromatic carbocycles. The van der Waals surface area contributed by atoms with Gasteiger partial charge >= 0.3 is 6.03 Å². The summed E-state index contributed by atoms with van der Waals surface area (Å²) in [5, 5.41) is 15.1. The summed E-state index contributed by atoms with van der Waals surface area (Å²) in [6.07, 6.45) is 9.04. The SMILES string of the molecule is CCCC(NC(=O)C1[C@H]2CCC(C)(C)[C@H]2CN1C(=O)[C@@H](NC(=O)N[C@H](CNC)C(C)(C)C)C1(C)CCCCC1)C(=O)C(=O)NC1CC1. The number of urea groups is 1. The third kappa shape index (κ3) is 8.67. The second kappa shape index (κ2) is 14.8. The predicted molar refractivity (Wildman–Crippen MR) is 182 cm³/mol. The number of nitrogens with one attached hydrogen (secondary N) is 5. The van der Waals surface area contributed by atoms with E-state index in [-0.39, 0.29) is 52.6 Å². The minimum Gasteiger partial charge on any atom is -0.347 e. The molecule has 0 spiro atoms. The van der Waals surface area contributed by atoms with Crippen LogP contribution in [0.4, 0.5) is 4.79 Å². The zero-order valence-corrected chi connectivity index (χ0v) is 30.2. The summed E-state index contributed by atoms with van der Waals surface area (Å²) in [4.78, 5) is 70.5. The monoisotopic (exact) mass is 658 g/mol. The van der Waals surface area contributed by atoms with E-state index in [9.17, 15) is 24.0 Å². The Labute approximate surface area is 282 Å². The van der Waals surface area contributed by atoms with Crippen LogP contribution in [0.5, 0.6) is 0 Å². The summed E-state index contributed by atoms with van der Waals surface area (Å²) >= 11 is 0. The Bertz CT molecular complexity index is 1170. The molecular formula is C36H62N6O5. The number of Topliss-reactive ketones (excluding diaryl/α,β-unsaturated/α-hetero) is 1. The van der Waals surface area contributed by atoms with Gasteiger partial charge in [0.25, 0.3) is 5.91 Å². The van der Waals surface area contributed by atoms with E-state index in [2.05, 4.69) is 68.1 Å². The number of carbonyl (C=O) groups is 5. The third-order valence-electron chi connectivity index (χ3n) is 11.6. The molecule has 4 rings (SSSR count). The molecule has 1 heterocycles. The molecule has 3 aliphatic carbocycles. The summed E-state index contributed by atoms with van der Waals surface area (Å²) in [7, 11) is 1.85. The standard InChI is InChI=1S/C36H62N6O5/c1-9-13-25(28(43)31(45)38-22-14-15-22)39-30(44)27-23-16-19-35(5,6)24(23)21-42(27)32(46)29(36(7)17-11-10-12-18-36)41-33(47)40-26(20-37-8)34(2,3)4/h22-27,29,37H,9-21H2,1-8H3,(H,38,45)(H,39,44)(H2,40,41,47)/t23-,24-,25?,26+,27?,29+/m0/s1. The largest absolute Gasteiger partial charge is 0.347 e. The second-order valence-electron chi connectivity index (χ2n) is 16.9. The van der Waals surface area contributed by atoms with E-state index >= 15 is 0 Å². The molecule has 11 nitrogen and oxygen atoms in total. The minimum absolute atomic E-state index is 0.0357. The van der Waals surface area contributed by atoms with Gasteiger partial charge in [-0.1, -0.05) is 74.1 Å². The molecule has 11 heteroatoms. The topological polar surface area (TPSA) is 149 Å². The highest BCUT2D eigenvalue weighted by molar-refractivity contribution is 6.38. The maximum atomic E-state index is 14.9. The number of fused-ring (bicyclic) bond motifs is 1. The Morgan fingerprint density at radius 2 is 1.55 bits per heavy atom. The molecule has 0 aromatic rings. The van der Waals surface area contributed by atoms with Crippen LogP contribution in [0, 0.1) is 28.1 Å². The number of ketones is 1. The van der Waals surface area contributed by atoms with Gasteiger partial charge in [0.15, 0.2) is 0 Å². The van der Waals surface area contributed by atoms with E-state index in [1.54, 1.807) is 4.90 Å². The van der Waals surface area contributed by atoms with E-state index in [1.165, 1.54) is 0 Å². The number of nitrogens with zero attached hydrogens (tertiary/aromatic N) is 1. The smallest absolute Gasteiger partial charge is 0.315 e. The summed E-state index contributed by atoms with van der Waals surface area (Å²) in [5.41, 5.74) is -0.746. The van der Waals surface area contributed by atoms with Crippen LogP contribution in [0.25, 0.3) is 0 Å². The summed E-state index contributed by atoms with van der Waals surface area (Å²) in [5.74, 6) is -1.87. The van der Waals surface area contributed by atoms with Crippen LogP contribution in [0.3, 0.4) is 0 Å². The molecule has 5 N–H and O–H groups in total. The zero-order valence-electron chi connectivity index (χ0n) is 30.2. The Morgan fingerprint density at radius 3 is 2.13 bits per heavy atom. The first-order chi connectivity index (χ1) is 22.0. The molecule has 4 aliphatic rings. The molecule has 4 fully saturated rings. The fraction of sp³-hybridized carbons (Fsp3) is 0.861. The maximum absolute atomic E-state index is 14.9. The molecule has 47 heavy (non-hydrogen) atoms. The molecular weight excluding hydrogens is 596 g/mol. The Morgan fingerprint density at radius 1 is 0.894 bits per heavy atom. The van der Waals surface area contributed by atoms with E-state index in [0.29, 0.717) is 25.9 Å². The van der Waals surface area contributed by atoms with Gasteiger partial charge in [0.2, 0.25) is 17.6 Å². The van der Waals surface area contributed by atoms with E-state index in [4.69, 9.17) is 0 Å². The lowest BCUT2D eigenvalue weighted by Gasteiger charge is -2.43. The van der Waals surface area contributed by atoms with Crippen molar-refractivity contribution < 1.29 is 24.0 Å². The lowest BCUT2D eigenvalue weighted by molar-refractivity contribution is -0.145. The average molecular weight is 659 g/mol. The van der Waals surface area contributed by atoms with Gasteiger partial charge < -0.3 is 31.5 Å². The van der Waals surface area contributed by atoms with Crippen molar-refractivity contribution in [1.29, 1.82) is 0 Å². The molecule has 3 saturated carbocycles. The number of likely N-dealkylation sites (tertiary alicyclic amines) is 1. The van der Waals surface area contributed by atoms with E-state index in [1.807, 2.05) is 14.0 Å². The van der Waals surface area contributed by atoms with Gasteiger partial charge in [-0.25, -0.2) is 4.79 Å². The van der Waals surface area contributed by atoms with Crippen LogP contribution in [-0.4, -0.2) is 84.8 Å². The first-order valence-electron chi connectivity index (χ1n) is 18.2. The van der Waals surface area contributed by atoms with Gasteiger partial charge in [-0.3, -0.25) is 19.2 Å². The first-order valence-corrected chi connectivity index (χ1v) is 18.2. The molecule has 2 unspecified atom stereocenters. The van der Waals surface area contributed by atoms with Crippen LogP contribution >= 0.6 is 0 Å². The average Bonchev–Trinajstić information content (AvgIpc) is 3.64. The van der Waals surface area contributed by atoms with Gasteiger partial charge in [-0.2, -0.15) is 0 Å². The summed E-state index contributed by atoms with van der Waals surface area (Å²) in [6, 6.07) is -3.06. The minimum atomic E-state index is -0.950. The number of carbonyl (C=O) groups excluding carboxylic acids is 5. The van der Waals surface area contributed by atoms with Crippen molar-refractivity contribution in [3.63, 3.8) is 0 Å². The lowest BCUT2D eigenvalue weighted by atomic mass is 9.70. The number of hydrogen-bond donors (Lipinski definition) is 5. The molecule has 1 aliphatic heterocycles. The van der Waals surface area contributed by atoms with Gasteiger partial charge in [-0.15, -0.1) is 0 Å². The van der Waals surface area contributed by atoms with Crippen LogP contribution < -0.4 is 26.6 Å². The summed E-state index contributed by atoms with van der Waals surface area (Å²) < 4.78 is 0. The Balaban J connectivity index is 1.62. The normalized spacial score (nSPS) is 26.8. The van der Waals surface area contributed by atoms with Crippen LogP contribution in [0.15, 0.2) is 0 Å². The highest BCUT2D eigenvalue weighted by Gasteiger charge is 2.58. The van der Waals surface area contributed by atoms with Crippen LogP contribution in [0.1, 0.15) is 119 Å². The van der Waals surface area contributed by atoms with Crippen molar-refractivity contribution in [1.82, 2.24) is 31.5 Å². The molecule has 5 amide bonds. The Kier molecular flexibility index (Phi) is 11.7. The maximum Gasteiger partial charge on any atom is 0.315 e. The fourth-order valence-electron chi connectivity index (χ4n) is 8.30. The van der Waals surface area contributed by atoms with Crippen molar-refractivity contribution >= 4 is 29.5 Å². The summed E-state index contributed by atoms with van der Waals surface area (Å²) in [6.45, 7) is 15.6. The number of likely N-dealkylation sites (N-methyl/N-ethyl adjacent to an activating group) is 1. The first kappa shape index (κ1) is 37.1. The molecule has 0 radical (unpaired) electrons. The molecule has 6 atom stereocenters. The highest BCUT2D eigenvalue weighted by Crippen LogP contribution is 2.53. The number of hydrogen-bond acceptors (Lipinski definition) is 6. The predicted octanol–water partition coefficient (Wildman–Crippen LogP) is 3.65.